The van der Waals surface area contributed by atoms with E-state index in [4.69, 9.17) is 0 Å². The summed E-state index contributed by atoms with van der Waals surface area (Å²) in [5.41, 5.74) is 1.10. The van der Waals surface area contributed by atoms with Gasteiger partial charge in [0.15, 0.2) is 0 Å². The largest absolute Gasteiger partial charge is 0.339 e. The van der Waals surface area contributed by atoms with E-state index in [9.17, 15) is 14.9 Å². The van der Waals surface area contributed by atoms with Crippen LogP contribution in [-0.2, 0) is 11.3 Å². The van der Waals surface area contributed by atoms with Crippen molar-refractivity contribution in [3.05, 3.63) is 39.9 Å². The Hall–Kier alpha value is -1.99. The maximum atomic E-state index is 12.6. The maximum Gasteiger partial charge on any atom is 0.269 e. The first-order valence-corrected chi connectivity index (χ1v) is 9.50. The van der Waals surface area contributed by atoms with E-state index in [-0.39, 0.29) is 16.5 Å². The minimum atomic E-state index is -0.353. The van der Waals surface area contributed by atoms with E-state index >= 15 is 0 Å². The predicted molar refractivity (Wildman–Crippen MR) is 99.8 cm³/mol. The van der Waals surface area contributed by atoms with Gasteiger partial charge in [-0.1, -0.05) is 12.1 Å². The molecule has 1 aromatic rings. The minimum Gasteiger partial charge on any atom is -0.339 e. The van der Waals surface area contributed by atoms with Crippen molar-refractivity contribution < 1.29 is 9.72 Å². The number of piperidine rings is 1. The standard InChI is InChI=1S/C19H28N4O3/c1-16-5-2-3-8-22(16)19(24)15-21-11-9-20(10-12-21)14-17-6-4-7-18(13-17)23(25)26/h4,6-7,13,16H,2-3,5,8-12,14-15H2,1H3. The smallest absolute Gasteiger partial charge is 0.269 e. The van der Waals surface area contributed by atoms with Gasteiger partial charge in [-0.25, -0.2) is 0 Å². The lowest BCUT2D eigenvalue weighted by Gasteiger charge is -2.38. The quantitative estimate of drug-likeness (QED) is 0.594. The Kier molecular flexibility index (Phi) is 6.21. The summed E-state index contributed by atoms with van der Waals surface area (Å²) in [7, 11) is 0. The molecule has 0 bridgehead atoms. The number of likely N-dealkylation sites (tertiary alicyclic amines) is 1. The van der Waals surface area contributed by atoms with Crippen LogP contribution in [0.15, 0.2) is 24.3 Å². The normalized spacial score (nSPS) is 22.3. The molecule has 3 rings (SSSR count). The highest BCUT2D eigenvalue weighted by atomic mass is 16.6. The number of hydrogen-bond acceptors (Lipinski definition) is 5. The van der Waals surface area contributed by atoms with Crippen LogP contribution in [0.2, 0.25) is 0 Å². The molecule has 1 atom stereocenters. The third kappa shape index (κ3) is 4.80. The first-order valence-electron chi connectivity index (χ1n) is 9.50. The lowest BCUT2D eigenvalue weighted by molar-refractivity contribution is -0.384. The van der Waals surface area contributed by atoms with E-state index in [1.807, 2.05) is 11.0 Å². The van der Waals surface area contributed by atoms with Crippen molar-refractivity contribution in [2.75, 3.05) is 39.3 Å². The lowest BCUT2D eigenvalue weighted by Crippen LogP contribution is -2.51. The molecule has 1 amide bonds. The average Bonchev–Trinajstić information content (AvgIpc) is 2.64. The van der Waals surface area contributed by atoms with Crippen LogP contribution in [0.5, 0.6) is 0 Å². The molecule has 1 unspecified atom stereocenters. The van der Waals surface area contributed by atoms with Gasteiger partial charge in [-0.15, -0.1) is 0 Å². The monoisotopic (exact) mass is 360 g/mol. The first kappa shape index (κ1) is 18.8. The SMILES string of the molecule is CC1CCCCN1C(=O)CN1CCN(Cc2cccc([N+](=O)[O-])c2)CC1. The van der Waals surface area contributed by atoms with Crippen LogP contribution in [0.3, 0.4) is 0 Å². The van der Waals surface area contributed by atoms with Crippen LogP contribution in [0, 0.1) is 10.1 Å². The lowest BCUT2D eigenvalue weighted by atomic mass is 10.0. The molecule has 2 heterocycles. The second-order valence-corrected chi connectivity index (χ2v) is 7.41. The van der Waals surface area contributed by atoms with Crippen molar-refractivity contribution in [3.8, 4) is 0 Å². The van der Waals surface area contributed by atoms with E-state index in [0.29, 0.717) is 19.1 Å². The highest BCUT2D eigenvalue weighted by Crippen LogP contribution is 2.18. The molecule has 0 aliphatic carbocycles. The van der Waals surface area contributed by atoms with E-state index in [2.05, 4.69) is 16.7 Å². The van der Waals surface area contributed by atoms with Crippen molar-refractivity contribution in [1.82, 2.24) is 14.7 Å². The molecular weight excluding hydrogens is 332 g/mol. The van der Waals surface area contributed by atoms with Crippen molar-refractivity contribution in [3.63, 3.8) is 0 Å². The molecule has 7 nitrogen and oxygen atoms in total. The van der Waals surface area contributed by atoms with Gasteiger partial charge in [-0.05, 0) is 31.7 Å². The number of nitro groups is 1. The second-order valence-electron chi connectivity index (χ2n) is 7.41. The van der Waals surface area contributed by atoms with Gasteiger partial charge in [0.25, 0.3) is 5.69 Å². The van der Waals surface area contributed by atoms with E-state index in [1.54, 1.807) is 12.1 Å². The van der Waals surface area contributed by atoms with Crippen molar-refractivity contribution >= 4 is 11.6 Å². The summed E-state index contributed by atoms with van der Waals surface area (Å²) in [5.74, 6) is 0.254. The molecule has 26 heavy (non-hydrogen) atoms. The van der Waals surface area contributed by atoms with Gasteiger partial charge in [-0.2, -0.15) is 0 Å². The molecule has 1 aromatic carbocycles. The van der Waals surface area contributed by atoms with Gasteiger partial charge in [0.05, 0.1) is 11.5 Å². The summed E-state index contributed by atoms with van der Waals surface area (Å²) in [6, 6.07) is 7.21. The van der Waals surface area contributed by atoms with E-state index < -0.39 is 0 Å². The molecule has 7 heteroatoms. The van der Waals surface area contributed by atoms with E-state index in [1.165, 1.54) is 12.5 Å². The summed E-state index contributed by atoms with van der Waals surface area (Å²) in [5, 5.41) is 10.9. The highest BCUT2D eigenvalue weighted by Gasteiger charge is 2.26. The fraction of sp³-hybridized carbons (Fsp3) is 0.632. The molecule has 2 aliphatic rings. The molecule has 0 N–H and O–H groups in total. The van der Waals surface area contributed by atoms with Crippen LogP contribution in [-0.4, -0.2) is 70.8 Å². The van der Waals surface area contributed by atoms with Gasteiger partial charge >= 0.3 is 0 Å². The second kappa shape index (κ2) is 8.60. The third-order valence-electron chi connectivity index (χ3n) is 5.47. The Morgan fingerprint density at radius 3 is 2.58 bits per heavy atom. The minimum absolute atomic E-state index is 0.141. The van der Waals surface area contributed by atoms with Crippen molar-refractivity contribution in [2.45, 2.75) is 38.8 Å². The van der Waals surface area contributed by atoms with Gasteiger partial charge in [0, 0.05) is 57.4 Å². The molecule has 0 radical (unpaired) electrons. The number of carbonyl (C=O) groups excluding carboxylic acids is 1. The van der Waals surface area contributed by atoms with Gasteiger partial charge < -0.3 is 4.90 Å². The summed E-state index contributed by atoms with van der Waals surface area (Å²) in [6.45, 7) is 7.76. The van der Waals surface area contributed by atoms with Crippen molar-refractivity contribution in [1.29, 1.82) is 0 Å². The number of carbonyl (C=O) groups is 1. The van der Waals surface area contributed by atoms with Crippen LogP contribution in [0.25, 0.3) is 0 Å². The summed E-state index contributed by atoms with van der Waals surface area (Å²) >= 11 is 0. The number of benzene rings is 1. The van der Waals surface area contributed by atoms with E-state index in [0.717, 1.165) is 51.1 Å². The molecule has 0 saturated carbocycles. The number of rotatable bonds is 5. The number of nitro benzene ring substituents is 1. The van der Waals surface area contributed by atoms with Crippen molar-refractivity contribution in [2.24, 2.45) is 0 Å². The zero-order chi connectivity index (χ0) is 18.5. The zero-order valence-electron chi connectivity index (χ0n) is 15.5. The molecule has 2 aliphatic heterocycles. The number of amides is 1. The van der Waals surface area contributed by atoms with Crippen LogP contribution < -0.4 is 0 Å². The Morgan fingerprint density at radius 1 is 1.15 bits per heavy atom. The molecule has 2 fully saturated rings. The fourth-order valence-electron chi connectivity index (χ4n) is 3.88. The van der Waals surface area contributed by atoms with Gasteiger partial charge in [0.2, 0.25) is 5.91 Å². The Labute approximate surface area is 154 Å². The number of non-ortho nitro benzene ring substituents is 1. The highest BCUT2D eigenvalue weighted by molar-refractivity contribution is 5.78. The fourth-order valence-corrected chi connectivity index (χ4v) is 3.88. The van der Waals surface area contributed by atoms with Crippen LogP contribution in [0.4, 0.5) is 5.69 Å². The number of hydrogen-bond donors (Lipinski definition) is 0. The summed E-state index contributed by atoms with van der Waals surface area (Å²) < 4.78 is 0. The summed E-state index contributed by atoms with van der Waals surface area (Å²) in [4.78, 5) is 29.7. The maximum absolute atomic E-state index is 12.6. The Bertz CT molecular complexity index is 643. The van der Waals surface area contributed by atoms with Gasteiger partial charge in [0.1, 0.15) is 0 Å². The molecule has 142 valence electrons. The zero-order valence-corrected chi connectivity index (χ0v) is 15.5. The van der Waals surface area contributed by atoms with Crippen LogP contribution >= 0.6 is 0 Å². The molecule has 0 spiro atoms. The molecular formula is C19H28N4O3. The summed E-state index contributed by atoms with van der Waals surface area (Å²) in [6.07, 6.45) is 3.46. The first-order chi connectivity index (χ1) is 12.5. The number of nitrogens with zero attached hydrogens (tertiary/aromatic N) is 4. The molecule has 2 saturated heterocycles. The Balaban J connectivity index is 1.46. The van der Waals surface area contributed by atoms with Gasteiger partial charge in [-0.3, -0.25) is 24.7 Å². The molecule has 0 aromatic heterocycles. The topological polar surface area (TPSA) is 69.9 Å². The average molecular weight is 360 g/mol. The van der Waals surface area contributed by atoms with Crippen LogP contribution in [0.1, 0.15) is 31.7 Å². The number of piperazine rings is 1. The predicted octanol–water partition coefficient (Wildman–Crippen LogP) is 2.11. The third-order valence-corrected chi connectivity index (χ3v) is 5.47. The Morgan fingerprint density at radius 2 is 1.88 bits per heavy atom.